The van der Waals surface area contributed by atoms with Gasteiger partial charge >= 0.3 is 5.97 Å². The lowest BCUT2D eigenvalue weighted by Crippen LogP contribution is -2.34. The van der Waals surface area contributed by atoms with E-state index in [1.165, 1.54) is 11.4 Å². The van der Waals surface area contributed by atoms with Crippen LogP contribution in [0.4, 0.5) is 17.1 Å². The summed E-state index contributed by atoms with van der Waals surface area (Å²) < 4.78 is 11.2. The summed E-state index contributed by atoms with van der Waals surface area (Å²) in [7, 11) is 0. The smallest absolute Gasteiger partial charge is 0.341 e. The van der Waals surface area contributed by atoms with Gasteiger partial charge in [0, 0.05) is 24.5 Å². The first-order chi connectivity index (χ1) is 15.7. The maximum atomic E-state index is 10.9. The molecule has 1 N–H and O–H groups in total. The fourth-order valence-electron chi connectivity index (χ4n) is 3.96. The summed E-state index contributed by atoms with van der Waals surface area (Å²) in [6.45, 7) is 2.80. The van der Waals surface area contributed by atoms with E-state index in [4.69, 9.17) is 14.6 Å². The van der Waals surface area contributed by atoms with Gasteiger partial charge in [-0.05, 0) is 49.2 Å². The summed E-state index contributed by atoms with van der Waals surface area (Å²) in [5, 5.41) is 8.90. The first kappa shape index (κ1) is 21.6. The summed E-state index contributed by atoms with van der Waals surface area (Å²) in [6.07, 6.45) is 2.06. The molecule has 0 radical (unpaired) electrons. The minimum atomic E-state index is -1.00. The maximum Gasteiger partial charge on any atom is 0.341 e. The van der Waals surface area contributed by atoms with E-state index in [1.54, 1.807) is 6.07 Å². The molecule has 0 spiro atoms. The molecule has 0 saturated heterocycles. The summed E-state index contributed by atoms with van der Waals surface area (Å²) in [5.74, 6) is 0.112. The maximum absolute atomic E-state index is 10.9. The topological polar surface area (TPSA) is 62.2 Å². The summed E-state index contributed by atoms with van der Waals surface area (Å²) >= 11 is 0. The van der Waals surface area contributed by atoms with Gasteiger partial charge in [0.05, 0.1) is 12.2 Å². The molecular formula is C26H28N2O4. The highest BCUT2D eigenvalue weighted by Crippen LogP contribution is 2.40. The minimum Gasteiger partial charge on any atom is -0.486 e. The monoisotopic (exact) mass is 432 g/mol. The molecule has 1 aliphatic rings. The molecule has 6 nitrogen and oxygen atoms in total. The normalized spacial score (nSPS) is 12.6. The van der Waals surface area contributed by atoms with Gasteiger partial charge in [0.2, 0.25) is 0 Å². The Kier molecular flexibility index (Phi) is 7.12. The molecule has 3 aromatic rings. The molecule has 6 heteroatoms. The first-order valence-electron chi connectivity index (χ1n) is 11.0. The largest absolute Gasteiger partial charge is 0.486 e. The van der Waals surface area contributed by atoms with Crippen molar-refractivity contribution in [2.45, 2.75) is 12.8 Å². The number of nitrogens with zero attached hydrogens (tertiary/aromatic N) is 2. The van der Waals surface area contributed by atoms with Gasteiger partial charge in [-0.3, -0.25) is 0 Å². The Morgan fingerprint density at radius 1 is 0.938 bits per heavy atom. The number of ether oxygens (including phenoxy) is 2. The van der Waals surface area contributed by atoms with Crippen LogP contribution in [0, 0.1) is 0 Å². The first-order valence-corrected chi connectivity index (χ1v) is 11.0. The van der Waals surface area contributed by atoms with Crippen molar-refractivity contribution < 1.29 is 19.4 Å². The molecule has 166 valence electrons. The van der Waals surface area contributed by atoms with Crippen LogP contribution in [0.3, 0.4) is 0 Å². The molecule has 0 saturated carbocycles. The number of hydrogen-bond acceptors (Lipinski definition) is 5. The van der Waals surface area contributed by atoms with Gasteiger partial charge in [-0.25, -0.2) is 4.79 Å². The Hall–Kier alpha value is -3.67. The molecule has 0 fully saturated rings. The second-order valence-corrected chi connectivity index (χ2v) is 7.65. The van der Waals surface area contributed by atoms with Crippen molar-refractivity contribution in [3.8, 4) is 11.5 Å². The number of carbonyl (C=O) groups is 1. The number of carboxylic acids is 1. The van der Waals surface area contributed by atoms with Crippen LogP contribution in [0.25, 0.3) is 0 Å². The van der Waals surface area contributed by atoms with E-state index in [0.717, 1.165) is 38.2 Å². The number of fused-ring (bicyclic) bond motifs is 1. The predicted octanol–water partition coefficient (Wildman–Crippen LogP) is 4.97. The Balaban J connectivity index is 1.38. The van der Waals surface area contributed by atoms with Crippen molar-refractivity contribution in [2.24, 2.45) is 0 Å². The Labute approximate surface area is 188 Å². The zero-order valence-electron chi connectivity index (χ0n) is 18.0. The molecule has 32 heavy (non-hydrogen) atoms. The molecule has 0 atom stereocenters. The SMILES string of the molecule is O=C(O)COc1cccc2c1OCCN2CCCCN(c1ccccc1)c1ccccc1. The second-order valence-electron chi connectivity index (χ2n) is 7.65. The molecule has 1 heterocycles. The molecular weight excluding hydrogens is 404 g/mol. The van der Waals surface area contributed by atoms with Crippen molar-refractivity contribution in [2.75, 3.05) is 42.6 Å². The van der Waals surface area contributed by atoms with Crippen molar-refractivity contribution >= 4 is 23.0 Å². The number of anilines is 3. The van der Waals surface area contributed by atoms with E-state index < -0.39 is 5.97 Å². The average molecular weight is 433 g/mol. The number of carboxylic acid groups (broad SMARTS) is 1. The number of unbranched alkanes of at least 4 members (excludes halogenated alkanes) is 1. The zero-order valence-corrected chi connectivity index (χ0v) is 18.0. The quantitative estimate of drug-likeness (QED) is 0.457. The molecule has 4 rings (SSSR count). The molecule has 0 bridgehead atoms. The summed E-state index contributed by atoms with van der Waals surface area (Å²) in [4.78, 5) is 15.5. The fraction of sp³-hybridized carbons (Fsp3) is 0.269. The van der Waals surface area contributed by atoms with Gasteiger partial charge < -0.3 is 24.4 Å². The lowest BCUT2D eigenvalue weighted by atomic mass is 10.1. The van der Waals surface area contributed by atoms with E-state index in [0.29, 0.717) is 18.1 Å². The third-order valence-corrected chi connectivity index (χ3v) is 5.45. The number of hydrogen-bond donors (Lipinski definition) is 1. The molecule has 0 aromatic heterocycles. The van der Waals surface area contributed by atoms with Gasteiger partial charge in [0.25, 0.3) is 0 Å². The van der Waals surface area contributed by atoms with E-state index in [2.05, 4.69) is 58.3 Å². The van der Waals surface area contributed by atoms with E-state index in [9.17, 15) is 4.79 Å². The Morgan fingerprint density at radius 3 is 2.28 bits per heavy atom. The fourth-order valence-corrected chi connectivity index (χ4v) is 3.96. The highest BCUT2D eigenvalue weighted by atomic mass is 16.5. The lowest BCUT2D eigenvalue weighted by molar-refractivity contribution is -0.139. The predicted molar refractivity (Wildman–Crippen MR) is 126 cm³/mol. The number of para-hydroxylation sites is 3. The highest BCUT2D eigenvalue weighted by molar-refractivity contribution is 5.70. The van der Waals surface area contributed by atoms with Crippen LogP contribution in [-0.4, -0.2) is 43.9 Å². The average Bonchev–Trinajstić information content (AvgIpc) is 2.84. The van der Waals surface area contributed by atoms with Gasteiger partial charge in [-0.2, -0.15) is 0 Å². The van der Waals surface area contributed by atoms with Gasteiger partial charge in [0.1, 0.15) is 6.61 Å². The van der Waals surface area contributed by atoms with E-state index in [1.807, 2.05) is 24.3 Å². The molecule has 0 aliphatic carbocycles. The highest BCUT2D eigenvalue weighted by Gasteiger charge is 2.22. The van der Waals surface area contributed by atoms with Crippen LogP contribution in [0.1, 0.15) is 12.8 Å². The van der Waals surface area contributed by atoms with Crippen LogP contribution < -0.4 is 19.3 Å². The van der Waals surface area contributed by atoms with Crippen LogP contribution >= 0.6 is 0 Å². The third kappa shape index (κ3) is 5.32. The number of aliphatic carboxylic acids is 1. The molecule has 3 aromatic carbocycles. The Bertz CT molecular complexity index is 971. The summed E-state index contributed by atoms with van der Waals surface area (Å²) in [5.41, 5.74) is 3.34. The number of rotatable bonds is 10. The van der Waals surface area contributed by atoms with Crippen LogP contribution in [0.2, 0.25) is 0 Å². The lowest BCUT2D eigenvalue weighted by Gasteiger charge is -2.32. The van der Waals surface area contributed by atoms with Crippen LogP contribution in [0.5, 0.6) is 11.5 Å². The standard InChI is InChI=1S/C26H28N2O4/c29-25(30)20-32-24-15-9-14-23-26(24)31-19-18-27(23)16-7-8-17-28(21-10-3-1-4-11-21)22-12-5-2-6-13-22/h1-6,9-15H,7-8,16-20H2,(H,29,30). The summed E-state index contributed by atoms with van der Waals surface area (Å²) in [6, 6.07) is 26.6. The van der Waals surface area contributed by atoms with Crippen LogP contribution in [0.15, 0.2) is 78.9 Å². The van der Waals surface area contributed by atoms with E-state index in [-0.39, 0.29) is 6.61 Å². The van der Waals surface area contributed by atoms with Gasteiger partial charge in [-0.15, -0.1) is 0 Å². The minimum absolute atomic E-state index is 0.380. The van der Waals surface area contributed by atoms with Crippen LogP contribution in [-0.2, 0) is 4.79 Å². The third-order valence-electron chi connectivity index (χ3n) is 5.45. The second kappa shape index (κ2) is 10.6. The molecule has 0 unspecified atom stereocenters. The van der Waals surface area contributed by atoms with Crippen molar-refractivity contribution in [3.63, 3.8) is 0 Å². The van der Waals surface area contributed by atoms with E-state index >= 15 is 0 Å². The van der Waals surface area contributed by atoms with Crippen molar-refractivity contribution in [1.82, 2.24) is 0 Å². The number of benzene rings is 3. The van der Waals surface area contributed by atoms with Crippen molar-refractivity contribution in [1.29, 1.82) is 0 Å². The molecule has 0 amide bonds. The Morgan fingerprint density at radius 2 is 1.62 bits per heavy atom. The van der Waals surface area contributed by atoms with Gasteiger partial charge in [0.15, 0.2) is 18.1 Å². The van der Waals surface area contributed by atoms with Gasteiger partial charge in [-0.1, -0.05) is 42.5 Å². The molecule has 1 aliphatic heterocycles. The van der Waals surface area contributed by atoms with Crippen molar-refractivity contribution in [3.05, 3.63) is 78.9 Å². The zero-order chi connectivity index (χ0) is 22.2.